The van der Waals surface area contributed by atoms with Crippen LogP contribution in [0, 0.1) is 0 Å². The fourth-order valence-corrected chi connectivity index (χ4v) is 4.00. The normalized spacial score (nSPS) is 14.8. The van der Waals surface area contributed by atoms with Crippen LogP contribution in [0.3, 0.4) is 0 Å². The Hall–Kier alpha value is -1.19. The average molecular weight is 394 g/mol. The second kappa shape index (κ2) is 8.95. The number of esters is 1. The van der Waals surface area contributed by atoms with Crippen molar-refractivity contribution in [1.82, 2.24) is 5.32 Å². The molecule has 9 heteroatoms. The van der Waals surface area contributed by atoms with E-state index in [-0.39, 0.29) is 11.6 Å². The van der Waals surface area contributed by atoms with Crippen LogP contribution < -0.4 is 5.32 Å². The number of aliphatic hydroxyl groups is 1. The molecule has 0 fully saturated rings. The van der Waals surface area contributed by atoms with E-state index in [1.807, 2.05) is 0 Å². The summed E-state index contributed by atoms with van der Waals surface area (Å²) >= 11 is 6.12. The van der Waals surface area contributed by atoms with Crippen molar-refractivity contribution in [2.45, 2.75) is 38.0 Å². The van der Waals surface area contributed by atoms with Gasteiger partial charge in [0.05, 0.1) is 12.7 Å². The topological polar surface area (TPSA) is 102 Å². The Bertz CT molecular complexity index is 686. The van der Waals surface area contributed by atoms with Gasteiger partial charge in [-0.05, 0) is 32.4 Å². The highest BCUT2D eigenvalue weighted by molar-refractivity contribution is 7.92. The van der Waals surface area contributed by atoms with E-state index >= 15 is 0 Å². The number of halogens is 1. The minimum Gasteiger partial charge on any atom is -0.468 e. The molecule has 0 saturated heterocycles. The fourth-order valence-electron chi connectivity index (χ4n) is 2.07. The second-order valence-electron chi connectivity index (χ2n) is 6.38. The number of carbonyl (C=O) groups is 1. The molecule has 0 heterocycles. The number of nitrogens with one attached hydrogen (secondary N) is 1. The third-order valence-electron chi connectivity index (χ3n) is 3.18. The Labute approximate surface area is 153 Å². The van der Waals surface area contributed by atoms with Crippen molar-refractivity contribution in [3.8, 4) is 0 Å². The molecule has 0 aliphatic carbocycles. The van der Waals surface area contributed by atoms with E-state index in [4.69, 9.17) is 16.3 Å². The molecule has 0 radical (unpaired) electrons. The number of methoxy groups -OCH3 is 1. The van der Waals surface area contributed by atoms with E-state index in [0.29, 0.717) is 5.56 Å². The Morgan fingerprint density at radius 3 is 2.44 bits per heavy atom. The van der Waals surface area contributed by atoms with E-state index < -0.39 is 38.8 Å². The van der Waals surface area contributed by atoms with Crippen LogP contribution in [0.1, 0.15) is 31.6 Å². The van der Waals surface area contributed by atoms with E-state index in [2.05, 4.69) is 10.1 Å². The Balaban J connectivity index is 3.05. The molecule has 142 valence electrons. The molecule has 0 saturated carbocycles. The molecule has 2 unspecified atom stereocenters. The molecule has 25 heavy (non-hydrogen) atoms. The third kappa shape index (κ3) is 7.29. The zero-order chi connectivity index (χ0) is 19.3. The van der Waals surface area contributed by atoms with Gasteiger partial charge in [-0.25, -0.2) is 8.42 Å². The van der Waals surface area contributed by atoms with Crippen molar-refractivity contribution in [3.05, 3.63) is 34.9 Å². The summed E-state index contributed by atoms with van der Waals surface area (Å²) in [6.07, 6.45) is -1.38. The van der Waals surface area contributed by atoms with Gasteiger partial charge in [-0.3, -0.25) is 10.1 Å². The first kappa shape index (κ1) is 21.9. The molecule has 7 nitrogen and oxygen atoms in total. The van der Waals surface area contributed by atoms with Gasteiger partial charge in [0, 0.05) is 11.6 Å². The summed E-state index contributed by atoms with van der Waals surface area (Å²) in [5.74, 6) is -1.67. The maximum absolute atomic E-state index is 12.6. The summed E-state index contributed by atoms with van der Waals surface area (Å²) in [5.41, 5.74) is -0.305. The molecular formula is C16H24ClNO6S. The summed E-state index contributed by atoms with van der Waals surface area (Å²) in [5, 5.41) is 11.6. The van der Waals surface area contributed by atoms with Gasteiger partial charge in [0.15, 0.2) is 9.84 Å². The standard InChI is InChI=1S/C16H24ClNO6S/c1-16(2,3)24-15(20)18-9-13(11-7-5-6-8-12(11)17)25(21,22)10-14(19)23-4/h5-8,13,15,18,20H,9-10H2,1-4H3. The molecule has 0 aliphatic heterocycles. The monoisotopic (exact) mass is 393 g/mol. The van der Waals surface area contributed by atoms with Crippen LogP contribution in [0.15, 0.2) is 24.3 Å². The van der Waals surface area contributed by atoms with Crippen LogP contribution in [0.25, 0.3) is 0 Å². The zero-order valence-electron chi connectivity index (χ0n) is 14.7. The van der Waals surface area contributed by atoms with Gasteiger partial charge in [0.25, 0.3) is 0 Å². The Morgan fingerprint density at radius 2 is 1.92 bits per heavy atom. The summed E-state index contributed by atoms with van der Waals surface area (Å²) in [7, 11) is -2.82. The van der Waals surface area contributed by atoms with Crippen molar-refractivity contribution in [2.24, 2.45) is 0 Å². The quantitative estimate of drug-likeness (QED) is 0.511. The molecule has 2 N–H and O–H groups in total. The number of hydrogen-bond donors (Lipinski definition) is 2. The van der Waals surface area contributed by atoms with E-state index in [1.165, 1.54) is 0 Å². The molecule has 0 aliphatic rings. The molecule has 0 spiro atoms. The first-order valence-electron chi connectivity index (χ1n) is 7.58. The van der Waals surface area contributed by atoms with Crippen LogP contribution in [0.5, 0.6) is 0 Å². The number of benzene rings is 1. The third-order valence-corrected chi connectivity index (χ3v) is 5.45. The summed E-state index contributed by atoms with van der Waals surface area (Å²) in [4.78, 5) is 11.4. The molecule has 1 aromatic carbocycles. The van der Waals surface area contributed by atoms with Gasteiger partial charge in [-0.15, -0.1) is 0 Å². The van der Waals surface area contributed by atoms with E-state index in [0.717, 1.165) is 7.11 Å². The highest BCUT2D eigenvalue weighted by Crippen LogP contribution is 2.29. The van der Waals surface area contributed by atoms with Gasteiger partial charge >= 0.3 is 5.97 Å². The number of aliphatic hydroxyl groups excluding tert-OH is 1. The Morgan fingerprint density at radius 1 is 1.32 bits per heavy atom. The predicted molar refractivity (Wildman–Crippen MR) is 94.8 cm³/mol. The van der Waals surface area contributed by atoms with Gasteiger partial charge in [0.2, 0.25) is 6.41 Å². The molecule has 1 aromatic rings. The molecule has 0 amide bonds. The molecular weight excluding hydrogens is 370 g/mol. The van der Waals surface area contributed by atoms with Crippen LogP contribution in [-0.4, -0.2) is 50.9 Å². The number of sulfone groups is 1. The maximum Gasteiger partial charge on any atom is 0.320 e. The molecule has 0 aromatic heterocycles. The average Bonchev–Trinajstić information content (AvgIpc) is 2.46. The zero-order valence-corrected chi connectivity index (χ0v) is 16.2. The number of hydrogen-bond acceptors (Lipinski definition) is 7. The van der Waals surface area contributed by atoms with Crippen LogP contribution in [0.4, 0.5) is 0 Å². The van der Waals surface area contributed by atoms with Crippen LogP contribution >= 0.6 is 11.6 Å². The lowest BCUT2D eigenvalue weighted by Crippen LogP contribution is -2.41. The fraction of sp³-hybridized carbons (Fsp3) is 0.562. The van der Waals surface area contributed by atoms with Crippen molar-refractivity contribution in [1.29, 1.82) is 0 Å². The minimum absolute atomic E-state index is 0.194. The summed E-state index contributed by atoms with van der Waals surface area (Å²) < 4.78 is 35.0. The minimum atomic E-state index is -3.94. The molecule has 1 rings (SSSR count). The van der Waals surface area contributed by atoms with E-state index in [9.17, 15) is 18.3 Å². The molecule has 2 atom stereocenters. The summed E-state index contributed by atoms with van der Waals surface area (Å²) in [6, 6.07) is 6.42. The molecule has 0 bridgehead atoms. The second-order valence-corrected chi connectivity index (χ2v) is 8.97. The highest BCUT2D eigenvalue weighted by Gasteiger charge is 2.32. The van der Waals surface area contributed by atoms with Gasteiger partial charge < -0.3 is 14.6 Å². The highest BCUT2D eigenvalue weighted by atomic mass is 35.5. The lowest BCUT2D eigenvalue weighted by molar-refractivity contribution is -0.181. The Kier molecular flexibility index (Phi) is 7.83. The smallest absolute Gasteiger partial charge is 0.320 e. The number of rotatable bonds is 8. The SMILES string of the molecule is COC(=O)CS(=O)(=O)C(CNC(O)OC(C)(C)C)c1ccccc1Cl. The largest absolute Gasteiger partial charge is 0.468 e. The first-order valence-corrected chi connectivity index (χ1v) is 9.67. The van der Waals surface area contributed by atoms with Gasteiger partial charge in [0.1, 0.15) is 11.0 Å². The van der Waals surface area contributed by atoms with Crippen LogP contribution in [0.2, 0.25) is 5.02 Å². The summed E-state index contributed by atoms with van der Waals surface area (Å²) in [6.45, 7) is 5.05. The van der Waals surface area contributed by atoms with Crippen molar-refractivity contribution >= 4 is 27.4 Å². The number of ether oxygens (including phenoxy) is 2. The lowest BCUT2D eigenvalue weighted by Gasteiger charge is -2.26. The van der Waals surface area contributed by atoms with Crippen molar-refractivity contribution in [2.75, 3.05) is 19.4 Å². The first-order chi connectivity index (χ1) is 11.5. The van der Waals surface area contributed by atoms with Crippen molar-refractivity contribution in [3.63, 3.8) is 0 Å². The van der Waals surface area contributed by atoms with Gasteiger partial charge in [-0.1, -0.05) is 29.8 Å². The van der Waals surface area contributed by atoms with Crippen molar-refractivity contribution < 1.29 is 27.8 Å². The number of carbonyl (C=O) groups excluding carboxylic acids is 1. The predicted octanol–water partition coefficient (Wildman–Crippen LogP) is 1.65. The van der Waals surface area contributed by atoms with E-state index in [1.54, 1.807) is 45.0 Å². The van der Waals surface area contributed by atoms with Crippen LogP contribution in [-0.2, 0) is 24.1 Å². The lowest BCUT2D eigenvalue weighted by atomic mass is 10.1. The maximum atomic E-state index is 12.6. The van der Waals surface area contributed by atoms with Gasteiger partial charge in [-0.2, -0.15) is 0 Å².